The highest BCUT2D eigenvalue weighted by atomic mass is 32.2. The standard InChI is InChI=1S/C14H20N2O3S/c1-19-13(17)12(8-9-20-2)16-14(18)15-10-11-6-4-3-5-7-11/h3-7,12H,8-10H2,1-2H3,(H2,15,16,18)/t12-/m0/s1. The number of ether oxygens (including phenoxy) is 1. The van der Waals surface area contributed by atoms with Gasteiger partial charge in [0.25, 0.3) is 0 Å². The fraction of sp³-hybridized carbons (Fsp3) is 0.429. The number of hydrogen-bond acceptors (Lipinski definition) is 4. The van der Waals surface area contributed by atoms with E-state index in [4.69, 9.17) is 0 Å². The van der Waals surface area contributed by atoms with Crippen LogP contribution >= 0.6 is 11.8 Å². The normalized spacial score (nSPS) is 11.5. The molecule has 2 N–H and O–H groups in total. The Balaban J connectivity index is 2.43. The lowest BCUT2D eigenvalue weighted by Gasteiger charge is -2.16. The third kappa shape index (κ3) is 5.97. The Morgan fingerprint density at radius 3 is 2.60 bits per heavy atom. The molecule has 1 rings (SSSR count). The lowest BCUT2D eigenvalue weighted by Crippen LogP contribution is -2.46. The molecule has 0 aliphatic rings. The van der Waals surface area contributed by atoms with E-state index >= 15 is 0 Å². The van der Waals surface area contributed by atoms with Crippen LogP contribution < -0.4 is 10.6 Å². The van der Waals surface area contributed by atoms with Gasteiger partial charge < -0.3 is 15.4 Å². The first kappa shape index (κ1) is 16.4. The Hall–Kier alpha value is -1.69. The Morgan fingerprint density at radius 1 is 1.30 bits per heavy atom. The van der Waals surface area contributed by atoms with E-state index in [2.05, 4.69) is 15.4 Å². The highest BCUT2D eigenvalue weighted by Gasteiger charge is 2.20. The minimum absolute atomic E-state index is 0.370. The van der Waals surface area contributed by atoms with Crippen LogP contribution in [0.4, 0.5) is 4.79 Å². The van der Waals surface area contributed by atoms with Crippen molar-refractivity contribution in [3.63, 3.8) is 0 Å². The number of esters is 1. The van der Waals surface area contributed by atoms with Crippen LogP contribution in [0.15, 0.2) is 30.3 Å². The second kappa shape index (κ2) is 9.25. The summed E-state index contributed by atoms with van der Waals surface area (Å²) in [4.78, 5) is 23.3. The number of methoxy groups -OCH3 is 1. The average molecular weight is 296 g/mol. The van der Waals surface area contributed by atoms with Gasteiger partial charge in [-0.25, -0.2) is 9.59 Å². The Bertz CT molecular complexity index is 426. The summed E-state index contributed by atoms with van der Waals surface area (Å²) in [6.07, 6.45) is 2.50. The molecule has 0 aliphatic heterocycles. The number of urea groups is 1. The lowest BCUT2D eigenvalue weighted by atomic mass is 10.2. The molecule has 6 heteroatoms. The van der Waals surface area contributed by atoms with Gasteiger partial charge in [0.15, 0.2) is 0 Å². The predicted octanol–water partition coefficient (Wildman–Crippen LogP) is 1.78. The molecular weight excluding hydrogens is 276 g/mol. The smallest absolute Gasteiger partial charge is 0.328 e. The maximum atomic E-state index is 11.8. The maximum Gasteiger partial charge on any atom is 0.328 e. The molecule has 0 fully saturated rings. The number of thioether (sulfide) groups is 1. The lowest BCUT2D eigenvalue weighted by molar-refractivity contribution is -0.142. The summed E-state index contributed by atoms with van der Waals surface area (Å²) in [6, 6.07) is 8.60. The van der Waals surface area contributed by atoms with Crippen LogP contribution in [0.2, 0.25) is 0 Å². The van der Waals surface area contributed by atoms with E-state index in [1.165, 1.54) is 7.11 Å². The third-order valence-electron chi connectivity index (χ3n) is 2.70. The molecule has 110 valence electrons. The summed E-state index contributed by atoms with van der Waals surface area (Å²) in [6.45, 7) is 0.420. The first-order valence-electron chi connectivity index (χ1n) is 6.32. The highest BCUT2D eigenvalue weighted by Crippen LogP contribution is 2.02. The molecular formula is C14H20N2O3S. The van der Waals surface area contributed by atoms with Gasteiger partial charge in [0, 0.05) is 6.54 Å². The molecule has 1 aromatic rings. The zero-order valence-corrected chi connectivity index (χ0v) is 12.5. The van der Waals surface area contributed by atoms with Crippen molar-refractivity contribution in [3.05, 3.63) is 35.9 Å². The van der Waals surface area contributed by atoms with E-state index in [1.807, 2.05) is 36.6 Å². The number of nitrogens with one attached hydrogen (secondary N) is 2. The van der Waals surface area contributed by atoms with Crippen molar-refractivity contribution >= 4 is 23.8 Å². The predicted molar refractivity (Wildman–Crippen MR) is 80.6 cm³/mol. The third-order valence-corrected chi connectivity index (χ3v) is 3.34. The molecule has 1 aromatic carbocycles. The molecule has 20 heavy (non-hydrogen) atoms. The number of carbonyl (C=O) groups is 2. The zero-order chi connectivity index (χ0) is 14.8. The summed E-state index contributed by atoms with van der Waals surface area (Å²) in [5.41, 5.74) is 1.00. The van der Waals surface area contributed by atoms with Crippen LogP contribution in [0.1, 0.15) is 12.0 Å². The number of hydrogen-bond donors (Lipinski definition) is 2. The van der Waals surface area contributed by atoms with Gasteiger partial charge in [-0.2, -0.15) is 11.8 Å². The molecule has 2 amide bonds. The van der Waals surface area contributed by atoms with E-state index in [0.717, 1.165) is 11.3 Å². The Labute approximate surface area is 123 Å². The van der Waals surface area contributed by atoms with Gasteiger partial charge in [0.05, 0.1) is 7.11 Å². The van der Waals surface area contributed by atoms with E-state index in [0.29, 0.717) is 13.0 Å². The van der Waals surface area contributed by atoms with E-state index in [9.17, 15) is 9.59 Å². The summed E-state index contributed by atoms with van der Waals surface area (Å²) >= 11 is 1.62. The van der Waals surface area contributed by atoms with Crippen LogP contribution in [-0.2, 0) is 16.1 Å². The molecule has 0 bridgehead atoms. The van der Waals surface area contributed by atoms with Crippen molar-refractivity contribution in [1.29, 1.82) is 0 Å². The van der Waals surface area contributed by atoms with Crippen LogP contribution in [-0.4, -0.2) is 37.2 Å². The topological polar surface area (TPSA) is 67.4 Å². The van der Waals surface area contributed by atoms with Crippen LogP contribution in [0, 0.1) is 0 Å². The number of benzene rings is 1. The quantitative estimate of drug-likeness (QED) is 0.753. The summed E-state index contributed by atoms with van der Waals surface area (Å²) in [7, 11) is 1.32. The highest BCUT2D eigenvalue weighted by molar-refractivity contribution is 7.98. The molecule has 0 aromatic heterocycles. The maximum absolute atomic E-state index is 11.8. The summed E-state index contributed by atoms with van der Waals surface area (Å²) in [5.74, 6) is 0.354. The van der Waals surface area contributed by atoms with E-state index in [-0.39, 0.29) is 6.03 Å². The fourth-order valence-electron chi connectivity index (χ4n) is 1.61. The average Bonchev–Trinajstić information content (AvgIpc) is 2.49. The van der Waals surface area contributed by atoms with Gasteiger partial charge in [-0.1, -0.05) is 30.3 Å². The zero-order valence-electron chi connectivity index (χ0n) is 11.7. The largest absolute Gasteiger partial charge is 0.467 e. The van der Waals surface area contributed by atoms with Crippen molar-refractivity contribution in [2.75, 3.05) is 19.1 Å². The summed E-state index contributed by atoms with van der Waals surface area (Å²) in [5, 5.41) is 5.36. The second-order valence-electron chi connectivity index (χ2n) is 4.17. The molecule has 0 unspecified atom stereocenters. The monoisotopic (exact) mass is 296 g/mol. The molecule has 0 spiro atoms. The van der Waals surface area contributed by atoms with Crippen LogP contribution in [0.3, 0.4) is 0 Å². The van der Waals surface area contributed by atoms with Gasteiger partial charge in [-0.3, -0.25) is 0 Å². The molecule has 1 atom stereocenters. The van der Waals surface area contributed by atoms with E-state index < -0.39 is 12.0 Å². The Kier molecular flexibility index (Phi) is 7.57. The molecule has 0 aliphatic carbocycles. The van der Waals surface area contributed by atoms with Crippen molar-refractivity contribution in [3.8, 4) is 0 Å². The summed E-state index contributed by atoms with van der Waals surface area (Å²) < 4.78 is 4.68. The molecule has 0 radical (unpaired) electrons. The number of amides is 2. The first-order chi connectivity index (χ1) is 9.67. The van der Waals surface area contributed by atoms with Crippen molar-refractivity contribution in [1.82, 2.24) is 10.6 Å². The van der Waals surface area contributed by atoms with Gasteiger partial charge >= 0.3 is 12.0 Å². The number of rotatable bonds is 7. The molecule has 0 saturated heterocycles. The van der Waals surface area contributed by atoms with Gasteiger partial charge in [0.2, 0.25) is 0 Å². The van der Waals surface area contributed by atoms with Gasteiger partial charge in [-0.05, 0) is 24.0 Å². The molecule has 0 heterocycles. The van der Waals surface area contributed by atoms with Crippen LogP contribution in [0.25, 0.3) is 0 Å². The van der Waals surface area contributed by atoms with Gasteiger partial charge in [-0.15, -0.1) is 0 Å². The van der Waals surface area contributed by atoms with E-state index in [1.54, 1.807) is 11.8 Å². The molecule has 5 nitrogen and oxygen atoms in total. The minimum Gasteiger partial charge on any atom is -0.467 e. The van der Waals surface area contributed by atoms with Crippen molar-refractivity contribution in [2.24, 2.45) is 0 Å². The Morgan fingerprint density at radius 2 is 2.00 bits per heavy atom. The molecule has 0 saturated carbocycles. The number of carbonyl (C=O) groups excluding carboxylic acids is 2. The first-order valence-corrected chi connectivity index (χ1v) is 7.71. The van der Waals surface area contributed by atoms with Crippen molar-refractivity contribution in [2.45, 2.75) is 19.0 Å². The van der Waals surface area contributed by atoms with Crippen LogP contribution in [0.5, 0.6) is 0 Å². The fourth-order valence-corrected chi connectivity index (χ4v) is 2.09. The SMILES string of the molecule is COC(=O)[C@H](CCSC)NC(=O)NCc1ccccc1. The van der Waals surface area contributed by atoms with Gasteiger partial charge in [0.1, 0.15) is 6.04 Å². The minimum atomic E-state index is -0.608. The second-order valence-corrected chi connectivity index (χ2v) is 5.16. The van der Waals surface area contributed by atoms with Crippen molar-refractivity contribution < 1.29 is 14.3 Å².